The Labute approximate surface area is 117 Å². The van der Waals surface area contributed by atoms with Gasteiger partial charge in [0.2, 0.25) is 11.2 Å². The molecular formula is C13H15ClN4O. The predicted octanol–water partition coefficient (Wildman–Crippen LogP) is 2.92. The van der Waals surface area contributed by atoms with E-state index in [4.69, 9.17) is 16.3 Å². The van der Waals surface area contributed by atoms with Gasteiger partial charge in [0.1, 0.15) is 5.82 Å². The monoisotopic (exact) mass is 278 g/mol. The number of hydrogen-bond donors (Lipinski definition) is 1. The van der Waals surface area contributed by atoms with Crippen LogP contribution in [0.1, 0.15) is 19.4 Å². The van der Waals surface area contributed by atoms with Gasteiger partial charge in [0.25, 0.3) is 0 Å². The topological polar surface area (TPSA) is 59.9 Å². The maximum absolute atomic E-state index is 5.73. The lowest BCUT2D eigenvalue weighted by Crippen LogP contribution is -2.11. The van der Waals surface area contributed by atoms with Crippen LogP contribution in [0.25, 0.3) is 0 Å². The number of halogens is 1. The van der Waals surface area contributed by atoms with Crippen LogP contribution in [0.2, 0.25) is 5.28 Å². The van der Waals surface area contributed by atoms with Crippen LogP contribution in [0.5, 0.6) is 5.88 Å². The molecule has 0 aliphatic carbocycles. The van der Waals surface area contributed by atoms with E-state index in [1.807, 2.05) is 26.0 Å². The number of hydrogen-bond acceptors (Lipinski definition) is 5. The number of pyridine rings is 1. The van der Waals surface area contributed by atoms with Crippen LogP contribution in [0.3, 0.4) is 0 Å². The Bertz CT molecular complexity index is 548. The van der Waals surface area contributed by atoms with Crippen molar-refractivity contribution >= 4 is 17.4 Å². The van der Waals surface area contributed by atoms with Gasteiger partial charge in [0.05, 0.1) is 6.10 Å². The Morgan fingerprint density at radius 3 is 2.84 bits per heavy atom. The zero-order chi connectivity index (χ0) is 13.7. The number of ether oxygens (including phenoxy) is 1. The first-order chi connectivity index (χ1) is 9.15. The quantitative estimate of drug-likeness (QED) is 0.852. The minimum atomic E-state index is 0.0853. The lowest BCUT2D eigenvalue weighted by Gasteiger charge is -2.13. The molecule has 5 nitrogen and oxygen atoms in total. The van der Waals surface area contributed by atoms with Crippen LogP contribution in [-0.4, -0.2) is 21.1 Å². The van der Waals surface area contributed by atoms with Gasteiger partial charge < -0.3 is 10.1 Å². The highest BCUT2D eigenvalue weighted by molar-refractivity contribution is 6.28. The van der Waals surface area contributed by atoms with Crippen molar-refractivity contribution in [1.82, 2.24) is 15.0 Å². The lowest BCUT2D eigenvalue weighted by atomic mass is 10.2. The fourth-order valence-electron chi connectivity index (χ4n) is 1.51. The highest BCUT2D eigenvalue weighted by atomic mass is 35.5. The Morgan fingerprint density at radius 1 is 1.26 bits per heavy atom. The molecule has 0 spiro atoms. The standard InChI is InChI=1S/C13H15ClN4O/c1-9(2)19-12-10(4-3-6-15-12)8-17-11-5-7-16-13(14)18-11/h3-7,9H,8H2,1-2H3,(H,16,17,18). The summed E-state index contributed by atoms with van der Waals surface area (Å²) in [4.78, 5) is 12.1. The van der Waals surface area contributed by atoms with Crippen molar-refractivity contribution < 1.29 is 4.74 Å². The molecule has 0 radical (unpaired) electrons. The molecule has 2 rings (SSSR count). The first-order valence-electron chi connectivity index (χ1n) is 5.98. The molecule has 2 heterocycles. The third-order valence-corrected chi connectivity index (χ3v) is 2.47. The van der Waals surface area contributed by atoms with E-state index in [0.29, 0.717) is 18.2 Å². The number of aromatic nitrogens is 3. The van der Waals surface area contributed by atoms with E-state index >= 15 is 0 Å². The normalized spacial score (nSPS) is 10.5. The Hall–Kier alpha value is -1.88. The molecule has 2 aromatic heterocycles. The van der Waals surface area contributed by atoms with Crippen LogP contribution < -0.4 is 10.1 Å². The van der Waals surface area contributed by atoms with Crippen LogP contribution in [0.4, 0.5) is 5.82 Å². The average molecular weight is 279 g/mol. The van der Waals surface area contributed by atoms with Gasteiger partial charge in [-0.05, 0) is 37.6 Å². The predicted molar refractivity (Wildman–Crippen MR) is 74.4 cm³/mol. The van der Waals surface area contributed by atoms with Gasteiger partial charge in [-0.15, -0.1) is 0 Å². The van der Waals surface area contributed by atoms with E-state index < -0.39 is 0 Å². The van der Waals surface area contributed by atoms with E-state index in [9.17, 15) is 0 Å². The van der Waals surface area contributed by atoms with Crippen molar-refractivity contribution in [2.75, 3.05) is 5.32 Å². The summed E-state index contributed by atoms with van der Waals surface area (Å²) in [6.45, 7) is 4.50. The molecule has 0 atom stereocenters. The molecule has 0 bridgehead atoms. The van der Waals surface area contributed by atoms with E-state index in [2.05, 4.69) is 20.3 Å². The minimum absolute atomic E-state index is 0.0853. The summed E-state index contributed by atoms with van der Waals surface area (Å²) in [5.41, 5.74) is 0.964. The Morgan fingerprint density at radius 2 is 2.11 bits per heavy atom. The van der Waals surface area contributed by atoms with Crippen LogP contribution in [0.15, 0.2) is 30.6 Å². The maximum Gasteiger partial charge on any atom is 0.224 e. The van der Waals surface area contributed by atoms with Crippen LogP contribution in [0, 0.1) is 0 Å². The Kier molecular flexibility index (Phi) is 4.52. The summed E-state index contributed by atoms with van der Waals surface area (Å²) in [6.07, 6.45) is 3.40. The summed E-state index contributed by atoms with van der Waals surface area (Å²) >= 11 is 5.73. The van der Waals surface area contributed by atoms with Crippen molar-refractivity contribution in [3.8, 4) is 5.88 Å². The summed E-state index contributed by atoms with van der Waals surface area (Å²) in [6, 6.07) is 5.59. The molecule has 0 aliphatic heterocycles. The minimum Gasteiger partial charge on any atom is -0.475 e. The second-order valence-corrected chi connectivity index (χ2v) is 4.54. The Balaban J connectivity index is 2.07. The number of rotatable bonds is 5. The van der Waals surface area contributed by atoms with Gasteiger partial charge in [-0.3, -0.25) is 0 Å². The van der Waals surface area contributed by atoms with E-state index in [-0.39, 0.29) is 11.4 Å². The molecule has 0 aromatic carbocycles. The number of nitrogens with zero attached hydrogens (tertiary/aromatic N) is 3. The van der Waals surface area contributed by atoms with Crippen LogP contribution >= 0.6 is 11.6 Å². The molecule has 0 amide bonds. The summed E-state index contributed by atoms with van der Waals surface area (Å²) in [7, 11) is 0. The molecule has 0 saturated carbocycles. The SMILES string of the molecule is CC(C)Oc1ncccc1CNc1ccnc(Cl)n1. The summed E-state index contributed by atoms with van der Waals surface area (Å²) in [5, 5.41) is 3.38. The smallest absolute Gasteiger partial charge is 0.224 e. The summed E-state index contributed by atoms with van der Waals surface area (Å²) in [5.74, 6) is 1.30. The van der Waals surface area contributed by atoms with E-state index in [1.165, 1.54) is 0 Å². The zero-order valence-corrected chi connectivity index (χ0v) is 11.6. The number of nitrogens with one attached hydrogen (secondary N) is 1. The van der Waals surface area contributed by atoms with Gasteiger partial charge >= 0.3 is 0 Å². The maximum atomic E-state index is 5.73. The van der Waals surface area contributed by atoms with E-state index in [0.717, 1.165) is 5.56 Å². The molecule has 100 valence electrons. The highest BCUT2D eigenvalue weighted by Gasteiger charge is 2.06. The third-order valence-electron chi connectivity index (χ3n) is 2.28. The first kappa shape index (κ1) is 13.5. The fraction of sp³-hybridized carbons (Fsp3) is 0.308. The molecule has 0 fully saturated rings. The summed E-state index contributed by atoms with van der Waals surface area (Å²) < 4.78 is 5.65. The molecule has 0 unspecified atom stereocenters. The largest absolute Gasteiger partial charge is 0.475 e. The van der Waals surface area contributed by atoms with Crippen molar-refractivity contribution in [3.63, 3.8) is 0 Å². The highest BCUT2D eigenvalue weighted by Crippen LogP contribution is 2.17. The van der Waals surface area contributed by atoms with Gasteiger partial charge in [0, 0.05) is 24.5 Å². The van der Waals surface area contributed by atoms with Crippen molar-refractivity contribution in [3.05, 3.63) is 41.4 Å². The van der Waals surface area contributed by atoms with E-state index in [1.54, 1.807) is 18.5 Å². The molecule has 2 aromatic rings. The first-order valence-corrected chi connectivity index (χ1v) is 6.36. The van der Waals surface area contributed by atoms with Gasteiger partial charge in [-0.25, -0.2) is 15.0 Å². The van der Waals surface area contributed by atoms with Gasteiger partial charge in [0.15, 0.2) is 0 Å². The molecule has 0 aliphatic rings. The van der Waals surface area contributed by atoms with Crippen LogP contribution in [-0.2, 0) is 6.54 Å². The second kappa shape index (κ2) is 6.33. The van der Waals surface area contributed by atoms with Gasteiger partial charge in [-0.2, -0.15) is 0 Å². The molecule has 6 heteroatoms. The van der Waals surface area contributed by atoms with Crippen molar-refractivity contribution in [2.24, 2.45) is 0 Å². The third kappa shape index (κ3) is 4.06. The number of anilines is 1. The van der Waals surface area contributed by atoms with Gasteiger partial charge in [-0.1, -0.05) is 6.07 Å². The fourth-order valence-corrected chi connectivity index (χ4v) is 1.65. The van der Waals surface area contributed by atoms with Crippen molar-refractivity contribution in [1.29, 1.82) is 0 Å². The molecule has 19 heavy (non-hydrogen) atoms. The average Bonchev–Trinajstić information content (AvgIpc) is 2.37. The van der Waals surface area contributed by atoms with Crippen molar-refractivity contribution in [2.45, 2.75) is 26.5 Å². The molecular weight excluding hydrogens is 264 g/mol. The second-order valence-electron chi connectivity index (χ2n) is 4.20. The molecule has 0 saturated heterocycles. The molecule has 1 N–H and O–H groups in total. The lowest BCUT2D eigenvalue weighted by molar-refractivity contribution is 0.230. The zero-order valence-electron chi connectivity index (χ0n) is 10.8.